The molecule has 1 N–H and O–H groups in total. The van der Waals surface area contributed by atoms with Crippen LogP contribution >= 0.6 is 15.9 Å². The molecular weight excluding hydrogens is 460 g/mol. The Morgan fingerprint density at radius 1 is 1.13 bits per heavy atom. The van der Waals surface area contributed by atoms with E-state index in [0.717, 1.165) is 10.0 Å². The summed E-state index contributed by atoms with van der Waals surface area (Å²) in [7, 11) is 1.50. The summed E-state index contributed by atoms with van der Waals surface area (Å²) in [5.41, 5.74) is 1.75. The van der Waals surface area contributed by atoms with Gasteiger partial charge in [0.2, 0.25) is 5.78 Å². The molecule has 0 aliphatic carbocycles. The second kappa shape index (κ2) is 8.73. The fourth-order valence-electron chi connectivity index (χ4n) is 3.67. The largest absolute Gasteiger partial charge is 0.872 e. The molecule has 4 rings (SSSR count). The van der Waals surface area contributed by atoms with Gasteiger partial charge in [-0.3, -0.25) is 9.59 Å². The number of benzene rings is 2. The average molecular weight is 479 g/mol. The van der Waals surface area contributed by atoms with Gasteiger partial charge in [0.05, 0.1) is 19.7 Å². The lowest BCUT2D eigenvalue weighted by atomic mass is 9.95. The molecule has 31 heavy (non-hydrogen) atoms. The number of ether oxygens (including phenoxy) is 1. The Hall–Kier alpha value is -3.45. The number of hydrogen-bond donors (Lipinski definition) is 0. The number of ketones is 1. The molecule has 1 unspecified atom stereocenters. The lowest BCUT2D eigenvalue weighted by Gasteiger charge is -2.27. The molecule has 2 aromatic carbocycles. The van der Waals surface area contributed by atoms with Crippen LogP contribution in [0.3, 0.4) is 0 Å². The molecule has 1 aliphatic heterocycles. The van der Waals surface area contributed by atoms with E-state index in [1.54, 1.807) is 36.7 Å². The van der Waals surface area contributed by atoms with Crippen molar-refractivity contribution in [1.29, 1.82) is 0 Å². The van der Waals surface area contributed by atoms with Crippen LogP contribution in [0.15, 0.2) is 83.1 Å². The number of nitrogens with one attached hydrogen (secondary N) is 1. The molecule has 0 bridgehead atoms. The van der Waals surface area contributed by atoms with E-state index in [0.29, 0.717) is 16.9 Å². The minimum absolute atomic E-state index is 0.0551. The molecule has 1 fully saturated rings. The van der Waals surface area contributed by atoms with Crippen molar-refractivity contribution >= 4 is 33.4 Å². The molecular formula is C24H19BrN2O4. The topological polar surface area (TPSA) is 83.8 Å². The van der Waals surface area contributed by atoms with Gasteiger partial charge in [0.25, 0.3) is 5.91 Å². The molecule has 0 radical (unpaired) electrons. The van der Waals surface area contributed by atoms with Crippen LogP contribution in [-0.4, -0.2) is 23.7 Å². The van der Waals surface area contributed by atoms with Gasteiger partial charge in [-0.25, -0.2) is 4.98 Å². The monoisotopic (exact) mass is 478 g/mol. The number of Topliss-reactive ketones (excluding diaryl/α,β-unsaturated/α-hetero) is 1. The van der Waals surface area contributed by atoms with Crippen LogP contribution in [0.2, 0.25) is 0 Å². The lowest BCUT2D eigenvalue weighted by Crippen LogP contribution is -2.29. The second-order valence-electron chi connectivity index (χ2n) is 7.10. The summed E-state index contributed by atoms with van der Waals surface area (Å²) in [4.78, 5) is 30.4. The van der Waals surface area contributed by atoms with Gasteiger partial charge in [-0.05, 0) is 41.5 Å². The lowest BCUT2D eigenvalue weighted by molar-refractivity contribution is -0.378. The minimum Gasteiger partial charge on any atom is -0.872 e. The molecule has 2 heterocycles. The van der Waals surface area contributed by atoms with Crippen molar-refractivity contribution < 1.29 is 24.4 Å². The van der Waals surface area contributed by atoms with Crippen molar-refractivity contribution in [3.8, 4) is 5.75 Å². The van der Waals surface area contributed by atoms with E-state index < -0.39 is 23.5 Å². The maximum Gasteiger partial charge on any atom is 0.295 e. The summed E-state index contributed by atoms with van der Waals surface area (Å²) in [6, 6.07) is 16.7. The Morgan fingerprint density at radius 2 is 1.90 bits per heavy atom. The highest BCUT2D eigenvalue weighted by atomic mass is 79.9. The Labute approximate surface area is 187 Å². The molecule has 0 saturated carbocycles. The number of carbonyl (C=O) groups excluding carboxylic acids is 2. The number of halogens is 1. The zero-order valence-corrected chi connectivity index (χ0v) is 18.3. The highest BCUT2D eigenvalue weighted by Gasteiger charge is 2.44. The predicted octanol–water partition coefficient (Wildman–Crippen LogP) is 2.70. The first-order valence-corrected chi connectivity index (χ1v) is 10.4. The molecule has 1 aromatic heterocycles. The van der Waals surface area contributed by atoms with E-state index in [-0.39, 0.29) is 12.1 Å². The molecule has 0 spiro atoms. The van der Waals surface area contributed by atoms with E-state index >= 15 is 0 Å². The van der Waals surface area contributed by atoms with Gasteiger partial charge >= 0.3 is 0 Å². The predicted molar refractivity (Wildman–Crippen MR) is 115 cm³/mol. The Bertz CT molecular complexity index is 1160. The van der Waals surface area contributed by atoms with Crippen LogP contribution < -0.4 is 14.8 Å². The van der Waals surface area contributed by atoms with E-state index in [4.69, 9.17) is 4.74 Å². The van der Waals surface area contributed by atoms with Gasteiger partial charge < -0.3 is 14.7 Å². The number of amides is 1. The van der Waals surface area contributed by atoms with Gasteiger partial charge in [-0.1, -0.05) is 46.0 Å². The summed E-state index contributed by atoms with van der Waals surface area (Å²) in [6.45, 7) is 0.192. The van der Waals surface area contributed by atoms with E-state index in [1.165, 1.54) is 12.0 Å². The van der Waals surface area contributed by atoms with Crippen LogP contribution in [0.25, 0.3) is 5.76 Å². The maximum absolute atomic E-state index is 13.4. The third-order valence-corrected chi connectivity index (χ3v) is 5.70. The first-order chi connectivity index (χ1) is 15.0. The number of nitrogens with zero attached hydrogens (tertiary/aromatic N) is 1. The van der Waals surface area contributed by atoms with Crippen molar-refractivity contribution in [2.75, 3.05) is 7.11 Å². The molecule has 6 nitrogen and oxygen atoms in total. The van der Waals surface area contributed by atoms with Gasteiger partial charge in [-0.2, -0.15) is 0 Å². The molecule has 1 amide bonds. The fraction of sp³-hybridized carbons (Fsp3) is 0.125. The van der Waals surface area contributed by atoms with Crippen LogP contribution in [-0.2, 0) is 16.1 Å². The number of aromatic amines is 1. The summed E-state index contributed by atoms with van der Waals surface area (Å²) >= 11 is 3.40. The third kappa shape index (κ3) is 4.09. The maximum atomic E-state index is 13.4. The summed E-state index contributed by atoms with van der Waals surface area (Å²) < 4.78 is 6.07. The van der Waals surface area contributed by atoms with E-state index in [1.807, 2.05) is 36.4 Å². The zero-order valence-electron chi connectivity index (χ0n) is 16.7. The highest BCUT2D eigenvalue weighted by Crippen LogP contribution is 2.40. The quantitative estimate of drug-likeness (QED) is 0.320. The molecule has 1 aliphatic rings. The first kappa shape index (κ1) is 20.8. The van der Waals surface area contributed by atoms with Crippen LogP contribution in [0.5, 0.6) is 5.75 Å². The highest BCUT2D eigenvalue weighted by molar-refractivity contribution is 9.10. The number of aromatic nitrogens is 1. The number of pyridine rings is 1. The smallest absolute Gasteiger partial charge is 0.295 e. The fourth-order valence-corrected chi connectivity index (χ4v) is 3.93. The number of carbonyl (C=O) groups is 2. The summed E-state index contributed by atoms with van der Waals surface area (Å²) in [5.74, 6) is -1.45. The number of hydrogen-bond acceptors (Lipinski definition) is 4. The number of likely N-dealkylation sites (tertiary alicyclic amines) is 1. The molecule has 1 atom stereocenters. The molecule has 1 saturated heterocycles. The van der Waals surface area contributed by atoms with Gasteiger partial charge in [0.15, 0.2) is 12.4 Å². The Balaban J connectivity index is 1.86. The van der Waals surface area contributed by atoms with E-state index in [9.17, 15) is 14.7 Å². The number of rotatable bonds is 5. The standard InChI is InChI=1S/C24H19BrN2O4/c1-31-19-6-2-5-17(12-19)22(28)20-21(16-7-9-18(25)10-8-16)27(24(30)23(20)29)14-15-4-3-11-26-13-15/h2-13,21,28H,14H2,1H3/b22-20+. The normalized spacial score (nSPS) is 17.7. The Kier molecular flexibility index (Phi) is 5.86. The summed E-state index contributed by atoms with van der Waals surface area (Å²) in [5, 5.41) is 13.4. The zero-order chi connectivity index (χ0) is 22.0. The van der Waals surface area contributed by atoms with Gasteiger partial charge in [-0.15, -0.1) is 0 Å². The number of H-pyrrole nitrogens is 1. The van der Waals surface area contributed by atoms with Crippen molar-refractivity contribution in [3.63, 3.8) is 0 Å². The van der Waals surface area contributed by atoms with Crippen molar-refractivity contribution in [1.82, 2.24) is 4.90 Å². The SMILES string of the molecule is COc1cccc(/C([O-])=C2\C(=O)C(=O)N(Cc3ccc[nH+]c3)C2c2ccc(Br)cc2)c1. The van der Waals surface area contributed by atoms with Crippen LogP contribution in [0, 0.1) is 0 Å². The summed E-state index contributed by atoms with van der Waals surface area (Å²) in [6.07, 6.45) is 3.52. The van der Waals surface area contributed by atoms with Crippen LogP contribution in [0.1, 0.15) is 22.7 Å². The van der Waals surface area contributed by atoms with E-state index in [2.05, 4.69) is 20.9 Å². The minimum atomic E-state index is -0.785. The molecule has 156 valence electrons. The molecule has 7 heteroatoms. The van der Waals surface area contributed by atoms with Gasteiger partial charge in [0, 0.05) is 21.7 Å². The number of methoxy groups -OCH3 is 1. The third-order valence-electron chi connectivity index (χ3n) is 5.17. The average Bonchev–Trinajstić information content (AvgIpc) is 3.05. The van der Waals surface area contributed by atoms with Crippen molar-refractivity contribution in [2.45, 2.75) is 12.6 Å². The van der Waals surface area contributed by atoms with Crippen molar-refractivity contribution in [3.05, 3.63) is 99.8 Å². The molecule has 3 aromatic rings. The Morgan fingerprint density at radius 3 is 2.58 bits per heavy atom. The van der Waals surface area contributed by atoms with Crippen LogP contribution in [0.4, 0.5) is 0 Å². The van der Waals surface area contributed by atoms with Crippen molar-refractivity contribution in [2.24, 2.45) is 0 Å². The first-order valence-electron chi connectivity index (χ1n) is 9.61. The van der Waals surface area contributed by atoms with Gasteiger partial charge in [0.1, 0.15) is 5.75 Å². The second-order valence-corrected chi connectivity index (χ2v) is 8.02.